The molecule has 0 saturated carbocycles. The first kappa shape index (κ1) is 15.0. The molecule has 0 aliphatic rings. The summed E-state index contributed by atoms with van der Waals surface area (Å²) in [5.74, 6) is 0.631. The fourth-order valence-corrected chi connectivity index (χ4v) is 1.87. The lowest BCUT2D eigenvalue weighted by atomic mass is 10.0. The van der Waals surface area contributed by atoms with Crippen LogP contribution >= 0.6 is 0 Å². The van der Waals surface area contributed by atoms with E-state index in [0.717, 1.165) is 19.6 Å². The second-order valence-electron chi connectivity index (χ2n) is 5.05. The zero-order chi connectivity index (χ0) is 13.2. The van der Waals surface area contributed by atoms with E-state index >= 15 is 0 Å². The highest BCUT2D eigenvalue weighted by atomic mass is 16.5. The highest BCUT2D eigenvalue weighted by molar-refractivity contribution is 5.13. The molecular formula is C17H25O. The van der Waals surface area contributed by atoms with Gasteiger partial charge in [0.2, 0.25) is 0 Å². The van der Waals surface area contributed by atoms with Gasteiger partial charge in [0.15, 0.2) is 0 Å². The number of hydrogen-bond acceptors (Lipinski definition) is 1. The molecule has 1 aromatic rings. The summed E-state index contributed by atoms with van der Waals surface area (Å²) in [6.45, 7) is 9.75. The summed E-state index contributed by atoms with van der Waals surface area (Å²) >= 11 is 0. The normalized spacial score (nSPS) is 13.6. The third-order valence-electron chi connectivity index (χ3n) is 3.13. The van der Waals surface area contributed by atoms with E-state index in [9.17, 15) is 0 Å². The second kappa shape index (κ2) is 8.93. The summed E-state index contributed by atoms with van der Waals surface area (Å²) < 4.78 is 5.74. The van der Waals surface area contributed by atoms with Crippen molar-refractivity contribution in [2.45, 2.75) is 39.7 Å². The molecule has 1 atom stereocenters. The van der Waals surface area contributed by atoms with Crippen molar-refractivity contribution in [2.75, 3.05) is 6.61 Å². The van der Waals surface area contributed by atoms with Crippen LogP contribution in [0.5, 0.6) is 0 Å². The zero-order valence-corrected chi connectivity index (χ0v) is 11.7. The Hall–Kier alpha value is -1.08. The van der Waals surface area contributed by atoms with Crippen LogP contribution in [0.4, 0.5) is 0 Å². The quantitative estimate of drug-likeness (QED) is 0.640. The Morgan fingerprint density at radius 1 is 1.33 bits per heavy atom. The molecule has 0 aromatic heterocycles. The van der Waals surface area contributed by atoms with Crippen LogP contribution in [0.1, 0.15) is 38.7 Å². The Kier molecular flexibility index (Phi) is 7.43. The summed E-state index contributed by atoms with van der Waals surface area (Å²) in [5, 5.41) is 0. The van der Waals surface area contributed by atoms with Crippen LogP contribution < -0.4 is 0 Å². The SMILES string of the molecule is [CH2]C=C(C)CCCC(C)COCc1ccccc1. The minimum atomic E-state index is 0.631. The lowest BCUT2D eigenvalue weighted by molar-refractivity contribution is 0.0890. The maximum atomic E-state index is 5.74. The minimum absolute atomic E-state index is 0.631. The monoisotopic (exact) mass is 245 g/mol. The number of hydrogen-bond donors (Lipinski definition) is 0. The molecule has 1 unspecified atom stereocenters. The average molecular weight is 245 g/mol. The van der Waals surface area contributed by atoms with Crippen LogP contribution in [-0.2, 0) is 11.3 Å². The lowest BCUT2D eigenvalue weighted by Crippen LogP contribution is -2.06. The molecular weight excluding hydrogens is 220 g/mol. The summed E-state index contributed by atoms with van der Waals surface area (Å²) in [4.78, 5) is 0. The fraction of sp³-hybridized carbons (Fsp3) is 0.471. The van der Waals surface area contributed by atoms with Gasteiger partial charge < -0.3 is 4.74 Å². The molecule has 0 bridgehead atoms. The van der Waals surface area contributed by atoms with Gasteiger partial charge in [0.25, 0.3) is 0 Å². The van der Waals surface area contributed by atoms with Crippen molar-refractivity contribution in [3.8, 4) is 0 Å². The molecule has 0 spiro atoms. The van der Waals surface area contributed by atoms with Crippen molar-refractivity contribution in [1.82, 2.24) is 0 Å². The highest BCUT2D eigenvalue weighted by Crippen LogP contribution is 2.13. The molecule has 1 heteroatoms. The molecule has 0 heterocycles. The molecule has 0 amide bonds. The third-order valence-corrected chi connectivity index (χ3v) is 3.13. The van der Waals surface area contributed by atoms with Crippen LogP contribution in [0, 0.1) is 12.8 Å². The fourth-order valence-electron chi connectivity index (χ4n) is 1.87. The van der Waals surface area contributed by atoms with Gasteiger partial charge in [0, 0.05) is 6.61 Å². The average Bonchev–Trinajstić information content (AvgIpc) is 2.39. The van der Waals surface area contributed by atoms with E-state index in [1.165, 1.54) is 24.0 Å². The van der Waals surface area contributed by atoms with E-state index < -0.39 is 0 Å². The van der Waals surface area contributed by atoms with Gasteiger partial charge in [-0.25, -0.2) is 0 Å². The Morgan fingerprint density at radius 2 is 2.06 bits per heavy atom. The molecule has 1 rings (SSSR count). The molecule has 1 radical (unpaired) electrons. The van der Waals surface area contributed by atoms with E-state index in [2.05, 4.69) is 45.0 Å². The smallest absolute Gasteiger partial charge is 0.0717 e. The van der Waals surface area contributed by atoms with Crippen LogP contribution in [0.3, 0.4) is 0 Å². The first-order valence-corrected chi connectivity index (χ1v) is 6.79. The largest absolute Gasteiger partial charge is 0.376 e. The second-order valence-corrected chi connectivity index (χ2v) is 5.05. The number of benzene rings is 1. The first-order valence-electron chi connectivity index (χ1n) is 6.79. The minimum Gasteiger partial charge on any atom is -0.376 e. The molecule has 0 aliphatic carbocycles. The van der Waals surface area contributed by atoms with Crippen molar-refractivity contribution >= 4 is 0 Å². The summed E-state index contributed by atoms with van der Waals surface area (Å²) in [6, 6.07) is 10.3. The van der Waals surface area contributed by atoms with E-state index in [0.29, 0.717) is 5.92 Å². The van der Waals surface area contributed by atoms with Crippen LogP contribution in [0.2, 0.25) is 0 Å². The van der Waals surface area contributed by atoms with Crippen molar-refractivity contribution in [3.05, 3.63) is 54.5 Å². The van der Waals surface area contributed by atoms with Gasteiger partial charge in [-0.3, -0.25) is 0 Å². The van der Waals surface area contributed by atoms with E-state index in [1.54, 1.807) is 0 Å². The van der Waals surface area contributed by atoms with E-state index in [4.69, 9.17) is 4.74 Å². The van der Waals surface area contributed by atoms with E-state index in [1.807, 2.05) is 12.1 Å². The van der Waals surface area contributed by atoms with Crippen molar-refractivity contribution in [1.29, 1.82) is 0 Å². The zero-order valence-electron chi connectivity index (χ0n) is 11.7. The maximum absolute atomic E-state index is 5.74. The van der Waals surface area contributed by atoms with Crippen molar-refractivity contribution in [3.63, 3.8) is 0 Å². The number of allylic oxidation sites excluding steroid dienone is 2. The predicted octanol–water partition coefficient (Wildman–Crippen LogP) is 4.79. The Morgan fingerprint density at radius 3 is 2.72 bits per heavy atom. The molecule has 18 heavy (non-hydrogen) atoms. The first-order chi connectivity index (χ1) is 8.72. The predicted molar refractivity (Wildman–Crippen MR) is 78.2 cm³/mol. The summed E-state index contributed by atoms with van der Waals surface area (Å²) in [5.41, 5.74) is 2.63. The number of rotatable bonds is 8. The van der Waals surface area contributed by atoms with Crippen molar-refractivity contribution in [2.24, 2.45) is 5.92 Å². The number of ether oxygens (including phenoxy) is 1. The van der Waals surface area contributed by atoms with Gasteiger partial charge in [-0.1, -0.05) is 48.9 Å². The van der Waals surface area contributed by atoms with Crippen LogP contribution in [0.25, 0.3) is 0 Å². The van der Waals surface area contributed by atoms with E-state index in [-0.39, 0.29) is 0 Å². The van der Waals surface area contributed by atoms with Gasteiger partial charge in [0.1, 0.15) is 0 Å². The van der Waals surface area contributed by atoms with Crippen LogP contribution in [0.15, 0.2) is 42.0 Å². The third kappa shape index (κ3) is 6.61. The maximum Gasteiger partial charge on any atom is 0.0717 e. The van der Waals surface area contributed by atoms with Gasteiger partial charge in [-0.15, -0.1) is 0 Å². The molecule has 0 saturated heterocycles. The highest BCUT2D eigenvalue weighted by Gasteiger charge is 2.02. The standard InChI is InChI=1S/C17H25O/c1-4-15(2)9-8-10-16(3)13-18-14-17-11-6-5-7-12-17/h4-7,11-12,16H,1,8-10,13-14H2,2-3H3. The van der Waals surface area contributed by atoms with Gasteiger partial charge >= 0.3 is 0 Å². The molecule has 0 fully saturated rings. The Bertz CT molecular complexity index is 340. The van der Waals surface area contributed by atoms with Gasteiger partial charge in [0.05, 0.1) is 6.61 Å². The van der Waals surface area contributed by atoms with Gasteiger partial charge in [-0.2, -0.15) is 0 Å². The molecule has 99 valence electrons. The Labute approximate surface area is 112 Å². The van der Waals surface area contributed by atoms with Crippen molar-refractivity contribution < 1.29 is 4.74 Å². The summed E-state index contributed by atoms with van der Waals surface area (Å²) in [7, 11) is 0. The molecule has 1 nitrogen and oxygen atoms in total. The molecule has 1 aromatic carbocycles. The summed E-state index contributed by atoms with van der Waals surface area (Å²) in [6.07, 6.45) is 5.57. The topological polar surface area (TPSA) is 9.23 Å². The Balaban J connectivity index is 2.08. The lowest BCUT2D eigenvalue weighted by Gasteiger charge is -2.12. The van der Waals surface area contributed by atoms with Crippen LogP contribution in [-0.4, -0.2) is 6.61 Å². The molecule has 0 N–H and O–H groups in total. The van der Waals surface area contributed by atoms with Gasteiger partial charge in [-0.05, 0) is 44.6 Å². The molecule has 0 aliphatic heterocycles.